The van der Waals surface area contributed by atoms with Crippen LogP contribution in [0.15, 0.2) is 35.2 Å². The largest absolute Gasteiger partial charge is 0.508 e. The molecule has 0 aliphatic rings. The predicted octanol–water partition coefficient (Wildman–Crippen LogP) is 2.43. The predicted molar refractivity (Wildman–Crippen MR) is 59.4 cm³/mol. The molecule has 2 aromatic carbocycles. The lowest BCUT2D eigenvalue weighted by molar-refractivity contribution is 0.472. The lowest BCUT2D eigenvalue weighted by Crippen LogP contribution is -1.88. The van der Waals surface area contributed by atoms with Crippen LogP contribution >= 0.6 is 0 Å². The van der Waals surface area contributed by atoms with Gasteiger partial charge in [-0.25, -0.2) is 4.21 Å². The Morgan fingerprint density at radius 3 is 2.60 bits per heavy atom. The molecule has 0 radical (unpaired) electrons. The smallest absolute Gasteiger partial charge is 0.186 e. The molecule has 0 aliphatic carbocycles. The molecular weight excluding hydrogens is 212 g/mol. The van der Waals surface area contributed by atoms with Crippen LogP contribution in [-0.4, -0.2) is 13.9 Å². The second-order valence-electron chi connectivity index (χ2n) is 3.34. The summed E-state index contributed by atoms with van der Waals surface area (Å²) < 4.78 is 19.8. The third kappa shape index (κ3) is 1.73. The maximum Gasteiger partial charge on any atom is 0.186 e. The van der Waals surface area contributed by atoms with Gasteiger partial charge in [-0.15, -0.1) is 0 Å². The van der Waals surface area contributed by atoms with Crippen molar-refractivity contribution in [3.05, 3.63) is 35.9 Å². The van der Waals surface area contributed by atoms with E-state index in [1.807, 2.05) is 6.92 Å². The number of rotatable bonds is 1. The highest BCUT2D eigenvalue weighted by molar-refractivity contribution is 7.79. The Balaban J connectivity index is 2.75. The third-order valence-corrected chi connectivity index (χ3v) is 3.09. The van der Waals surface area contributed by atoms with Gasteiger partial charge in [-0.3, -0.25) is 0 Å². The quantitative estimate of drug-likeness (QED) is 0.728. The number of phenols is 1. The topological polar surface area (TPSA) is 57.5 Å². The van der Waals surface area contributed by atoms with Gasteiger partial charge in [0.1, 0.15) is 5.75 Å². The van der Waals surface area contributed by atoms with Gasteiger partial charge >= 0.3 is 0 Å². The summed E-state index contributed by atoms with van der Waals surface area (Å²) in [7, 11) is 0. The Labute approximate surface area is 89.6 Å². The Bertz CT molecular complexity index is 549. The minimum absolute atomic E-state index is 0.236. The van der Waals surface area contributed by atoms with E-state index >= 15 is 0 Å². The highest BCUT2D eigenvalue weighted by Gasteiger charge is 2.05. The molecule has 3 nitrogen and oxygen atoms in total. The minimum Gasteiger partial charge on any atom is -0.508 e. The van der Waals surface area contributed by atoms with E-state index in [4.69, 9.17) is 4.55 Å². The molecule has 0 aromatic heterocycles. The van der Waals surface area contributed by atoms with Crippen LogP contribution in [0.4, 0.5) is 0 Å². The number of fused-ring (bicyclic) bond motifs is 1. The molecule has 1 atom stereocenters. The van der Waals surface area contributed by atoms with Crippen LogP contribution < -0.4 is 0 Å². The Hall–Kier alpha value is -1.39. The molecule has 0 fully saturated rings. The van der Waals surface area contributed by atoms with Gasteiger partial charge in [0.05, 0.1) is 4.90 Å². The molecule has 2 rings (SSSR count). The monoisotopic (exact) mass is 222 g/mol. The van der Waals surface area contributed by atoms with Crippen LogP contribution in [0.2, 0.25) is 0 Å². The van der Waals surface area contributed by atoms with Gasteiger partial charge in [0.15, 0.2) is 11.1 Å². The van der Waals surface area contributed by atoms with Crippen molar-refractivity contribution in [3.8, 4) is 5.75 Å². The number of aromatic hydroxyl groups is 1. The molecule has 4 heteroatoms. The standard InChI is InChI=1S/C11H10O3S/c1-7-10-4-3-9(15(13)14)6-8(10)2-5-11(7)12/h2-6,12H,1H3,(H,13,14). The van der Waals surface area contributed by atoms with E-state index in [1.165, 1.54) is 0 Å². The zero-order valence-corrected chi connectivity index (χ0v) is 8.91. The highest BCUT2D eigenvalue weighted by atomic mass is 32.2. The van der Waals surface area contributed by atoms with E-state index in [0.29, 0.717) is 4.90 Å². The summed E-state index contributed by atoms with van der Waals surface area (Å²) in [6.07, 6.45) is 0. The van der Waals surface area contributed by atoms with Crippen molar-refractivity contribution in [1.29, 1.82) is 0 Å². The number of phenolic OH excluding ortho intramolecular Hbond substituents is 1. The fourth-order valence-corrected chi connectivity index (χ4v) is 1.97. The van der Waals surface area contributed by atoms with E-state index in [0.717, 1.165) is 16.3 Å². The fourth-order valence-electron chi connectivity index (χ4n) is 1.56. The van der Waals surface area contributed by atoms with E-state index in [-0.39, 0.29) is 5.75 Å². The molecule has 0 saturated carbocycles. The molecular formula is C11H10O3S. The van der Waals surface area contributed by atoms with E-state index < -0.39 is 11.1 Å². The molecule has 0 heterocycles. The number of aryl methyl sites for hydroxylation is 1. The van der Waals surface area contributed by atoms with Crippen LogP contribution in [-0.2, 0) is 11.1 Å². The maximum absolute atomic E-state index is 10.9. The summed E-state index contributed by atoms with van der Waals surface area (Å²) in [6.45, 7) is 1.81. The van der Waals surface area contributed by atoms with Crippen molar-refractivity contribution in [2.45, 2.75) is 11.8 Å². The van der Waals surface area contributed by atoms with Gasteiger partial charge in [0, 0.05) is 0 Å². The Morgan fingerprint density at radius 1 is 1.20 bits per heavy atom. The van der Waals surface area contributed by atoms with Crippen molar-refractivity contribution in [2.24, 2.45) is 0 Å². The first-order chi connectivity index (χ1) is 7.09. The van der Waals surface area contributed by atoms with Crippen LogP contribution in [0.3, 0.4) is 0 Å². The van der Waals surface area contributed by atoms with E-state index in [2.05, 4.69) is 0 Å². The average molecular weight is 222 g/mol. The van der Waals surface area contributed by atoms with Crippen molar-refractivity contribution >= 4 is 21.9 Å². The zero-order chi connectivity index (χ0) is 11.0. The first-order valence-electron chi connectivity index (χ1n) is 4.43. The molecule has 78 valence electrons. The molecule has 2 aromatic rings. The van der Waals surface area contributed by atoms with Gasteiger partial charge in [-0.1, -0.05) is 12.1 Å². The molecule has 0 bridgehead atoms. The molecule has 1 unspecified atom stereocenters. The van der Waals surface area contributed by atoms with E-state index in [1.54, 1.807) is 30.3 Å². The Kier molecular flexibility index (Phi) is 2.46. The fraction of sp³-hybridized carbons (Fsp3) is 0.0909. The average Bonchev–Trinajstić information content (AvgIpc) is 2.23. The summed E-state index contributed by atoms with van der Waals surface area (Å²) in [4.78, 5) is 0.368. The van der Waals surface area contributed by atoms with Gasteiger partial charge < -0.3 is 9.66 Å². The maximum atomic E-state index is 10.9. The normalized spacial score (nSPS) is 12.9. The number of hydrogen-bond donors (Lipinski definition) is 2. The third-order valence-electron chi connectivity index (χ3n) is 2.43. The van der Waals surface area contributed by atoms with Crippen LogP contribution in [0, 0.1) is 6.92 Å². The molecule has 0 spiro atoms. The lowest BCUT2D eigenvalue weighted by Gasteiger charge is -2.05. The SMILES string of the molecule is Cc1c(O)ccc2cc(S(=O)O)ccc12. The van der Waals surface area contributed by atoms with Crippen molar-refractivity contribution in [2.75, 3.05) is 0 Å². The second kappa shape index (κ2) is 3.64. The van der Waals surface area contributed by atoms with Gasteiger partial charge in [-0.2, -0.15) is 0 Å². The lowest BCUT2D eigenvalue weighted by atomic mass is 10.1. The zero-order valence-electron chi connectivity index (χ0n) is 8.10. The van der Waals surface area contributed by atoms with E-state index in [9.17, 15) is 9.32 Å². The summed E-state index contributed by atoms with van der Waals surface area (Å²) in [5, 5.41) is 11.2. The summed E-state index contributed by atoms with van der Waals surface area (Å²) >= 11 is -1.96. The minimum atomic E-state index is -1.96. The van der Waals surface area contributed by atoms with Crippen molar-refractivity contribution in [3.63, 3.8) is 0 Å². The Morgan fingerprint density at radius 2 is 1.93 bits per heavy atom. The first-order valence-corrected chi connectivity index (χ1v) is 5.53. The first kappa shape index (κ1) is 10.1. The molecule has 2 N–H and O–H groups in total. The van der Waals surface area contributed by atoms with Crippen LogP contribution in [0.5, 0.6) is 5.75 Å². The highest BCUT2D eigenvalue weighted by Crippen LogP contribution is 2.27. The summed E-state index contributed by atoms with van der Waals surface area (Å²) in [6, 6.07) is 8.30. The van der Waals surface area contributed by atoms with Gasteiger partial charge in [0.2, 0.25) is 0 Å². The molecule has 0 amide bonds. The molecule has 15 heavy (non-hydrogen) atoms. The summed E-state index contributed by atoms with van der Waals surface area (Å²) in [5.74, 6) is 0.236. The van der Waals surface area contributed by atoms with Crippen LogP contribution in [0.25, 0.3) is 10.8 Å². The molecule has 0 aliphatic heterocycles. The van der Waals surface area contributed by atoms with Gasteiger partial charge in [-0.05, 0) is 41.5 Å². The molecule has 0 saturated heterocycles. The van der Waals surface area contributed by atoms with Crippen molar-refractivity contribution < 1.29 is 13.9 Å². The van der Waals surface area contributed by atoms with Gasteiger partial charge in [0.25, 0.3) is 0 Å². The van der Waals surface area contributed by atoms with Crippen molar-refractivity contribution in [1.82, 2.24) is 0 Å². The number of hydrogen-bond acceptors (Lipinski definition) is 2. The summed E-state index contributed by atoms with van der Waals surface area (Å²) in [5.41, 5.74) is 0.780. The number of benzene rings is 2. The van der Waals surface area contributed by atoms with Crippen LogP contribution in [0.1, 0.15) is 5.56 Å². The second-order valence-corrected chi connectivity index (χ2v) is 4.31.